The van der Waals surface area contributed by atoms with E-state index in [2.05, 4.69) is 21.2 Å². The van der Waals surface area contributed by atoms with Gasteiger partial charge in [-0.2, -0.15) is 0 Å². The lowest BCUT2D eigenvalue weighted by Crippen LogP contribution is -2.22. The summed E-state index contributed by atoms with van der Waals surface area (Å²) in [6, 6.07) is 6.69. The Labute approximate surface area is 171 Å². The molecule has 2 aromatic carbocycles. The normalized spacial score (nSPS) is 12.2. The van der Waals surface area contributed by atoms with Crippen LogP contribution in [0.2, 0.25) is 5.02 Å². The molecule has 1 aliphatic heterocycles. The van der Waals surface area contributed by atoms with Crippen molar-refractivity contribution in [3.63, 3.8) is 0 Å². The number of nitrogens with one attached hydrogen (secondary N) is 1. The number of nitrogens with zero attached hydrogens (tertiary/aromatic N) is 1. The molecule has 0 aliphatic carbocycles. The molecule has 0 fully saturated rings. The summed E-state index contributed by atoms with van der Waals surface area (Å²) >= 11 is 9.08. The van der Waals surface area contributed by atoms with Gasteiger partial charge in [0.2, 0.25) is 0 Å². The largest absolute Gasteiger partial charge is 0.486 e. The van der Waals surface area contributed by atoms with E-state index < -0.39 is 29.1 Å². The van der Waals surface area contributed by atoms with E-state index in [0.717, 1.165) is 12.1 Å². The summed E-state index contributed by atoms with van der Waals surface area (Å²) in [6.07, 6.45) is 0. The molecule has 0 saturated carbocycles. The number of benzene rings is 2. The number of nitro groups is 1. The molecule has 1 N–H and O–H groups in total. The van der Waals surface area contributed by atoms with Gasteiger partial charge < -0.3 is 19.5 Å². The van der Waals surface area contributed by atoms with E-state index >= 15 is 0 Å². The molecule has 1 aliphatic rings. The molecule has 28 heavy (non-hydrogen) atoms. The number of hydrogen-bond acceptors (Lipinski definition) is 7. The quantitative estimate of drug-likeness (QED) is 0.402. The van der Waals surface area contributed by atoms with Gasteiger partial charge >= 0.3 is 5.97 Å². The Balaban J connectivity index is 1.66. The van der Waals surface area contributed by atoms with E-state index in [9.17, 15) is 19.7 Å². The third-order valence-corrected chi connectivity index (χ3v) is 4.51. The van der Waals surface area contributed by atoms with Crippen LogP contribution in [0.5, 0.6) is 11.5 Å². The molecule has 1 amide bonds. The molecule has 146 valence electrons. The lowest BCUT2D eigenvalue weighted by molar-refractivity contribution is -0.385. The van der Waals surface area contributed by atoms with Crippen LogP contribution < -0.4 is 14.8 Å². The van der Waals surface area contributed by atoms with Crippen LogP contribution in [0.3, 0.4) is 0 Å². The molecule has 0 atom stereocenters. The molecule has 0 radical (unpaired) electrons. The molecular weight excluding hydrogens is 460 g/mol. The average Bonchev–Trinajstić information content (AvgIpc) is 2.66. The number of carbonyl (C=O) groups is 2. The Morgan fingerprint density at radius 1 is 1.21 bits per heavy atom. The Kier molecular flexibility index (Phi) is 6.00. The number of fused-ring (bicyclic) bond motifs is 1. The zero-order valence-electron chi connectivity index (χ0n) is 14.1. The van der Waals surface area contributed by atoms with Gasteiger partial charge in [0.1, 0.15) is 18.8 Å². The molecule has 0 unspecified atom stereocenters. The molecule has 0 aromatic heterocycles. The third kappa shape index (κ3) is 4.52. The van der Waals surface area contributed by atoms with E-state index in [1.165, 1.54) is 6.07 Å². The summed E-state index contributed by atoms with van der Waals surface area (Å²) in [7, 11) is 0. The van der Waals surface area contributed by atoms with Crippen molar-refractivity contribution in [2.24, 2.45) is 0 Å². The number of halogens is 2. The van der Waals surface area contributed by atoms with Gasteiger partial charge in [0.15, 0.2) is 18.1 Å². The van der Waals surface area contributed by atoms with Crippen molar-refractivity contribution in [2.45, 2.75) is 0 Å². The van der Waals surface area contributed by atoms with Gasteiger partial charge in [0.05, 0.1) is 10.6 Å². The maximum atomic E-state index is 12.1. The summed E-state index contributed by atoms with van der Waals surface area (Å²) < 4.78 is 16.3. The van der Waals surface area contributed by atoms with Crippen molar-refractivity contribution < 1.29 is 28.7 Å². The Morgan fingerprint density at radius 2 is 1.89 bits per heavy atom. The fourth-order valence-electron chi connectivity index (χ4n) is 2.39. The standard InChI is InChI=1S/C17H12BrClN2O7/c18-11-6-14-15(27-4-3-26-14)7-12(11)20-16(22)8-28-17(23)10-5-9(19)1-2-13(10)21(24)25/h1-2,5-7H,3-4,8H2,(H,20,22). The minimum Gasteiger partial charge on any atom is -0.486 e. The smallest absolute Gasteiger partial charge is 0.345 e. The first-order chi connectivity index (χ1) is 13.3. The Bertz CT molecular complexity index is 967. The highest BCUT2D eigenvalue weighted by atomic mass is 79.9. The van der Waals surface area contributed by atoms with E-state index in [1.807, 2.05) is 0 Å². The summed E-state index contributed by atoms with van der Waals surface area (Å²) in [5, 5.41) is 13.7. The maximum Gasteiger partial charge on any atom is 0.345 e. The molecule has 0 bridgehead atoms. The predicted molar refractivity (Wildman–Crippen MR) is 102 cm³/mol. The van der Waals surface area contributed by atoms with E-state index in [1.54, 1.807) is 12.1 Å². The highest BCUT2D eigenvalue weighted by Crippen LogP contribution is 2.38. The summed E-state index contributed by atoms with van der Waals surface area (Å²) in [6.45, 7) is 0.165. The van der Waals surface area contributed by atoms with Crippen LogP contribution in [-0.2, 0) is 9.53 Å². The van der Waals surface area contributed by atoms with Gasteiger partial charge in [-0.25, -0.2) is 4.79 Å². The first-order valence-corrected chi connectivity index (χ1v) is 9.02. The molecule has 1 heterocycles. The first-order valence-electron chi connectivity index (χ1n) is 7.85. The summed E-state index contributed by atoms with van der Waals surface area (Å²) in [4.78, 5) is 34.5. The first kappa shape index (κ1) is 19.9. The van der Waals surface area contributed by atoms with Gasteiger partial charge in [0, 0.05) is 27.7 Å². The number of rotatable bonds is 5. The predicted octanol–water partition coefficient (Wildman–Crippen LogP) is 3.58. The number of esters is 1. The van der Waals surface area contributed by atoms with Crippen molar-refractivity contribution in [3.8, 4) is 11.5 Å². The maximum absolute atomic E-state index is 12.1. The zero-order valence-corrected chi connectivity index (χ0v) is 16.4. The Hall–Kier alpha value is -2.85. The second-order valence-corrected chi connectivity index (χ2v) is 6.81. The minimum atomic E-state index is -1.04. The SMILES string of the molecule is O=C(COC(=O)c1cc(Cl)ccc1[N+](=O)[O-])Nc1cc2c(cc1Br)OCCO2. The highest BCUT2D eigenvalue weighted by molar-refractivity contribution is 9.10. The van der Waals surface area contributed by atoms with Crippen LogP contribution in [0.4, 0.5) is 11.4 Å². The van der Waals surface area contributed by atoms with Gasteiger partial charge in [-0.15, -0.1) is 0 Å². The van der Waals surface area contributed by atoms with Crippen LogP contribution in [0.15, 0.2) is 34.8 Å². The monoisotopic (exact) mass is 470 g/mol. The van der Waals surface area contributed by atoms with Crippen molar-refractivity contribution in [1.82, 2.24) is 0 Å². The highest BCUT2D eigenvalue weighted by Gasteiger charge is 2.23. The van der Waals surface area contributed by atoms with Crippen LogP contribution in [-0.4, -0.2) is 36.6 Å². The topological polar surface area (TPSA) is 117 Å². The number of amides is 1. The molecule has 3 rings (SSSR count). The van der Waals surface area contributed by atoms with Gasteiger partial charge in [-0.05, 0) is 28.1 Å². The fraction of sp³-hybridized carbons (Fsp3) is 0.176. The van der Waals surface area contributed by atoms with Crippen molar-refractivity contribution in [3.05, 3.63) is 55.5 Å². The minimum absolute atomic E-state index is 0.127. The molecule has 11 heteroatoms. The van der Waals surface area contributed by atoms with Crippen LogP contribution in [0.25, 0.3) is 0 Å². The van der Waals surface area contributed by atoms with E-state index in [0.29, 0.717) is 34.9 Å². The van der Waals surface area contributed by atoms with Crippen molar-refractivity contribution in [2.75, 3.05) is 25.1 Å². The van der Waals surface area contributed by atoms with Crippen LogP contribution >= 0.6 is 27.5 Å². The van der Waals surface area contributed by atoms with Gasteiger partial charge in [-0.1, -0.05) is 11.6 Å². The molecule has 0 saturated heterocycles. The zero-order chi connectivity index (χ0) is 20.3. The average molecular weight is 472 g/mol. The molecule has 0 spiro atoms. The van der Waals surface area contributed by atoms with Gasteiger partial charge in [-0.3, -0.25) is 14.9 Å². The van der Waals surface area contributed by atoms with Crippen LogP contribution in [0, 0.1) is 10.1 Å². The van der Waals surface area contributed by atoms with Crippen LogP contribution in [0.1, 0.15) is 10.4 Å². The lowest BCUT2D eigenvalue weighted by atomic mass is 10.2. The Morgan fingerprint density at radius 3 is 2.57 bits per heavy atom. The number of carbonyl (C=O) groups excluding carboxylic acids is 2. The van der Waals surface area contributed by atoms with Crippen molar-refractivity contribution >= 4 is 50.8 Å². The molecule has 9 nitrogen and oxygen atoms in total. The third-order valence-electron chi connectivity index (χ3n) is 3.62. The van der Waals surface area contributed by atoms with E-state index in [-0.39, 0.29) is 10.6 Å². The van der Waals surface area contributed by atoms with E-state index in [4.69, 9.17) is 25.8 Å². The second kappa shape index (κ2) is 8.44. The van der Waals surface area contributed by atoms with Gasteiger partial charge in [0.25, 0.3) is 11.6 Å². The molecular formula is C17H12BrClN2O7. The fourth-order valence-corrected chi connectivity index (χ4v) is 2.98. The van der Waals surface area contributed by atoms with Crippen molar-refractivity contribution in [1.29, 1.82) is 0 Å². The second-order valence-electron chi connectivity index (χ2n) is 5.52. The lowest BCUT2D eigenvalue weighted by Gasteiger charge is -2.20. The summed E-state index contributed by atoms with van der Waals surface area (Å²) in [5.74, 6) is -0.673. The summed E-state index contributed by atoms with van der Waals surface area (Å²) in [5.41, 5.74) is -0.422. The number of anilines is 1. The number of ether oxygens (including phenoxy) is 3. The number of hydrogen-bond donors (Lipinski definition) is 1. The number of nitro benzene ring substituents is 1. The molecule has 2 aromatic rings.